The fraction of sp³-hybridized carbons (Fsp3) is 0.462. The number of ether oxygens (including phenoxy) is 2. The van der Waals surface area contributed by atoms with E-state index < -0.39 is 0 Å². The van der Waals surface area contributed by atoms with Crippen LogP contribution in [-0.4, -0.2) is 26.6 Å². The van der Waals surface area contributed by atoms with E-state index in [1.807, 2.05) is 18.2 Å². The summed E-state index contributed by atoms with van der Waals surface area (Å²) >= 11 is 0. The molecule has 1 aromatic rings. The molecule has 1 rings (SSSR count). The van der Waals surface area contributed by atoms with Crippen molar-refractivity contribution in [3.05, 3.63) is 23.8 Å². The molecule has 0 aliphatic heterocycles. The summed E-state index contributed by atoms with van der Waals surface area (Å²) in [5.41, 5.74) is 6.76. The van der Waals surface area contributed by atoms with Crippen molar-refractivity contribution >= 4 is 5.84 Å². The molecule has 1 aromatic carbocycles. The quantitative estimate of drug-likeness (QED) is 0.629. The number of nitrogens with zero attached hydrogens (tertiary/aromatic N) is 1. The number of hydrogen-bond acceptors (Lipinski definition) is 3. The van der Waals surface area contributed by atoms with Crippen LogP contribution < -0.4 is 15.2 Å². The molecular formula is C13H20N2O2. The van der Waals surface area contributed by atoms with Gasteiger partial charge in [0.1, 0.15) is 5.84 Å². The van der Waals surface area contributed by atoms with E-state index >= 15 is 0 Å². The van der Waals surface area contributed by atoms with Gasteiger partial charge in [-0.2, -0.15) is 0 Å². The van der Waals surface area contributed by atoms with Crippen LogP contribution >= 0.6 is 0 Å². The Kier molecular flexibility index (Phi) is 4.82. The van der Waals surface area contributed by atoms with Crippen LogP contribution in [0.2, 0.25) is 0 Å². The molecule has 0 saturated heterocycles. The highest BCUT2D eigenvalue weighted by Crippen LogP contribution is 2.27. The molecule has 0 spiro atoms. The van der Waals surface area contributed by atoms with E-state index in [0.29, 0.717) is 23.3 Å². The van der Waals surface area contributed by atoms with E-state index in [0.717, 1.165) is 12.1 Å². The molecule has 0 amide bonds. The second-order valence-corrected chi connectivity index (χ2v) is 4.19. The molecule has 0 radical (unpaired) electrons. The van der Waals surface area contributed by atoms with Crippen molar-refractivity contribution in [3.8, 4) is 11.5 Å². The zero-order valence-electron chi connectivity index (χ0n) is 10.9. The van der Waals surface area contributed by atoms with Crippen LogP contribution in [0.1, 0.15) is 19.4 Å². The van der Waals surface area contributed by atoms with Gasteiger partial charge in [-0.25, -0.2) is 0 Å². The lowest BCUT2D eigenvalue weighted by Gasteiger charge is -2.09. The van der Waals surface area contributed by atoms with Crippen LogP contribution in [0.4, 0.5) is 0 Å². The van der Waals surface area contributed by atoms with Gasteiger partial charge in [0, 0.05) is 12.1 Å². The largest absolute Gasteiger partial charge is 0.493 e. The summed E-state index contributed by atoms with van der Waals surface area (Å²) in [6, 6.07) is 5.53. The smallest absolute Gasteiger partial charge is 0.161 e. The van der Waals surface area contributed by atoms with Gasteiger partial charge in [0.15, 0.2) is 11.5 Å². The van der Waals surface area contributed by atoms with Gasteiger partial charge in [-0.3, -0.25) is 4.99 Å². The first kappa shape index (κ1) is 13.4. The van der Waals surface area contributed by atoms with Crippen molar-refractivity contribution in [1.29, 1.82) is 0 Å². The molecule has 0 unspecified atom stereocenters. The Balaban J connectivity index is 2.95. The fourth-order valence-corrected chi connectivity index (χ4v) is 1.37. The normalized spacial score (nSPS) is 11.7. The van der Waals surface area contributed by atoms with Crippen molar-refractivity contribution in [2.75, 3.05) is 20.8 Å². The lowest BCUT2D eigenvalue weighted by molar-refractivity contribution is 0.355. The molecule has 4 nitrogen and oxygen atoms in total. The molecule has 0 aromatic heterocycles. The maximum atomic E-state index is 5.91. The number of amidine groups is 1. The summed E-state index contributed by atoms with van der Waals surface area (Å²) in [4.78, 5) is 4.32. The average Bonchev–Trinajstić information content (AvgIpc) is 2.34. The molecule has 0 heterocycles. The van der Waals surface area contributed by atoms with Crippen LogP contribution in [0, 0.1) is 5.92 Å². The number of aliphatic imine (C=N–C) groups is 1. The Bertz CT molecular complexity index is 400. The number of rotatable bonds is 5. The van der Waals surface area contributed by atoms with E-state index in [1.54, 1.807) is 14.2 Å². The first-order valence-corrected chi connectivity index (χ1v) is 5.60. The zero-order valence-corrected chi connectivity index (χ0v) is 10.9. The highest BCUT2D eigenvalue weighted by molar-refractivity contribution is 5.98. The lowest BCUT2D eigenvalue weighted by atomic mass is 10.1. The van der Waals surface area contributed by atoms with Crippen LogP contribution in [0.25, 0.3) is 0 Å². The molecule has 0 fully saturated rings. The first-order chi connectivity index (χ1) is 8.08. The Morgan fingerprint density at radius 2 is 1.88 bits per heavy atom. The Morgan fingerprint density at radius 3 is 2.41 bits per heavy atom. The minimum absolute atomic E-state index is 0.494. The third-order valence-electron chi connectivity index (χ3n) is 2.31. The Hall–Kier alpha value is -1.71. The van der Waals surface area contributed by atoms with Crippen LogP contribution in [-0.2, 0) is 0 Å². The molecule has 0 aliphatic carbocycles. The van der Waals surface area contributed by atoms with Gasteiger partial charge in [-0.05, 0) is 24.1 Å². The van der Waals surface area contributed by atoms with Crippen molar-refractivity contribution < 1.29 is 9.47 Å². The molecule has 2 N–H and O–H groups in total. The Morgan fingerprint density at radius 1 is 1.24 bits per heavy atom. The SMILES string of the molecule is COc1ccc(C(N)=NCC(C)C)cc1OC. The second-order valence-electron chi connectivity index (χ2n) is 4.19. The monoisotopic (exact) mass is 236 g/mol. The van der Waals surface area contributed by atoms with Gasteiger partial charge in [-0.1, -0.05) is 13.8 Å². The molecule has 0 saturated carbocycles. The summed E-state index contributed by atoms with van der Waals surface area (Å²) in [5, 5.41) is 0. The van der Waals surface area contributed by atoms with E-state index in [2.05, 4.69) is 18.8 Å². The predicted octanol–water partition coefficient (Wildman–Crippen LogP) is 2.07. The standard InChI is InChI=1S/C13H20N2O2/c1-9(2)8-15-13(14)10-5-6-11(16-3)12(7-10)17-4/h5-7,9H,8H2,1-4H3,(H2,14,15). The van der Waals surface area contributed by atoms with Crippen LogP contribution in [0.5, 0.6) is 11.5 Å². The molecule has 17 heavy (non-hydrogen) atoms. The Labute approximate surface area is 102 Å². The zero-order chi connectivity index (χ0) is 12.8. The summed E-state index contributed by atoms with van der Waals surface area (Å²) < 4.78 is 10.4. The van der Waals surface area contributed by atoms with Gasteiger partial charge in [-0.15, -0.1) is 0 Å². The molecule has 94 valence electrons. The van der Waals surface area contributed by atoms with E-state index in [9.17, 15) is 0 Å². The number of hydrogen-bond donors (Lipinski definition) is 1. The van der Waals surface area contributed by atoms with Crippen LogP contribution in [0.3, 0.4) is 0 Å². The highest BCUT2D eigenvalue weighted by atomic mass is 16.5. The number of nitrogens with two attached hydrogens (primary N) is 1. The van der Waals surface area contributed by atoms with Gasteiger partial charge in [0.2, 0.25) is 0 Å². The molecule has 0 bridgehead atoms. The summed E-state index contributed by atoms with van der Waals surface area (Å²) in [5.74, 6) is 2.37. The molecule has 0 aliphatic rings. The van der Waals surface area contributed by atoms with Gasteiger partial charge in [0.05, 0.1) is 14.2 Å². The minimum Gasteiger partial charge on any atom is -0.493 e. The molecule has 4 heteroatoms. The van der Waals surface area contributed by atoms with Gasteiger partial charge >= 0.3 is 0 Å². The molecular weight excluding hydrogens is 216 g/mol. The fourth-order valence-electron chi connectivity index (χ4n) is 1.37. The third-order valence-corrected chi connectivity index (χ3v) is 2.31. The van der Waals surface area contributed by atoms with E-state index in [-0.39, 0.29) is 0 Å². The first-order valence-electron chi connectivity index (χ1n) is 5.60. The summed E-state index contributed by atoms with van der Waals surface area (Å²) in [6.45, 7) is 4.93. The third kappa shape index (κ3) is 3.66. The van der Waals surface area contributed by atoms with Crippen molar-refractivity contribution in [2.24, 2.45) is 16.6 Å². The van der Waals surface area contributed by atoms with E-state index in [1.165, 1.54) is 0 Å². The van der Waals surface area contributed by atoms with Crippen LogP contribution in [0.15, 0.2) is 23.2 Å². The predicted molar refractivity (Wildman–Crippen MR) is 70.0 cm³/mol. The van der Waals surface area contributed by atoms with Crippen molar-refractivity contribution in [2.45, 2.75) is 13.8 Å². The van der Waals surface area contributed by atoms with E-state index in [4.69, 9.17) is 15.2 Å². The lowest BCUT2D eigenvalue weighted by Crippen LogP contribution is -2.15. The summed E-state index contributed by atoms with van der Waals surface area (Å²) in [7, 11) is 3.21. The van der Waals surface area contributed by atoms with Crippen molar-refractivity contribution in [3.63, 3.8) is 0 Å². The second kappa shape index (κ2) is 6.13. The van der Waals surface area contributed by atoms with Gasteiger partial charge in [0.25, 0.3) is 0 Å². The average molecular weight is 236 g/mol. The maximum Gasteiger partial charge on any atom is 0.161 e. The summed E-state index contributed by atoms with van der Waals surface area (Å²) in [6.07, 6.45) is 0. The van der Waals surface area contributed by atoms with Crippen molar-refractivity contribution in [1.82, 2.24) is 0 Å². The van der Waals surface area contributed by atoms with Gasteiger partial charge < -0.3 is 15.2 Å². The molecule has 0 atom stereocenters. The minimum atomic E-state index is 0.494. The highest BCUT2D eigenvalue weighted by Gasteiger charge is 2.06. The topological polar surface area (TPSA) is 56.8 Å². The number of methoxy groups -OCH3 is 2. The number of benzene rings is 1. The maximum absolute atomic E-state index is 5.91.